The second-order valence-electron chi connectivity index (χ2n) is 16.5. The van der Waals surface area contributed by atoms with Gasteiger partial charge in [-0.3, -0.25) is 4.79 Å². The van der Waals surface area contributed by atoms with Crippen molar-refractivity contribution in [3.05, 3.63) is 36.0 Å². The molecule has 0 aromatic carbocycles. The van der Waals surface area contributed by atoms with Gasteiger partial charge in [-0.25, -0.2) is 4.79 Å². The summed E-state index contributed by atoms with van der Waals surface area (Å²) in [7, 11) is 0. The lowest BCUT2D eigenvalue weighted by molar-refractivity contribution is -0.224. The first-order valence-corrected chi connectivity index (χ1v) is 23.1. The molecular formula is C47H84N2O13. The average Bonchev–Trinajstić information content (AvgIpc) is 3.98. The lowest BCUT2D eigenvalue weighted by Crippen LogP contribution is -2.48. The number of hydrogen-bond donors (Lipinski definition) is 2. The SMILES string of the molecule is CCOC(C)OC1CCC(C)(OC(C)OCC)C(OC(=O)NCCOCCOCCN)/C=C\C(C)C(/C(C)=C/C=C/C(C)CC2OC2C(C)C(CC)OC(C)OCC)OC(=O)C1. The second kappa shape index (κ2) is 30.7. The third kappa shape index (κ3) is 21.5. The highest BCUT2D eigenvalue weighted by atomic mass is 16.7. The van der Waals surface area contributed by atoms with Crippen molar-refractivity contribution in [3.63, 3.8) is 0 Å². The fraction of sp³-hybridized carbons (Fsp3) is 0.830. The fourth-order valence-electron chi connectivity index (χ4n) is 7.72. The van der Waals surface area contributed by atoms with Gasteiger partial charge in [0.1, 0.15) is 11.7 Å². The Morgan fingerprint density at radius 1 is 0.952 bits per heavy atom. The first-order chi connectivity index (χ1) is 29.6. The zero-order valence-corrected chi connectivity index (χ0v) is 40.1. The van der Waals surface area contributed by atoms with E-state index in [1.165, 1.54) is 0 Å². The predicted molar refractivity (Wildman–Crippen MR) is 238 cm³/mol. The zero-order chi connectivity index (χ0) is 46.1. The molecule has 2 heterocycles. The molecule has 15 heteroatoms. The van der Waals surface area contributed by atoms with Crippen molar-refractivity contribution in [3.8, 4) is 0 Å². The van der Waals surface area contributed by atoms with Crippen molar-refractivity contribution in [2.24, 2.45) is 23.5 Å². The summed E-state index contributed by atoms with van der Waals surface area (Å²) < 4.78 is 65.5. The number of epoxide rings is 1. The summed E-state index contributed by atoms with van der Waals surface area (Å²) in [6.45, 7) is 27.3. The van der Waals surface area contributed by atoms with Crippen LogP contribution >= 0.6 is 0 Å². The maximum Gasteiger partial charge on any atom is 0.407 e. The number of rotatable bonds is 29. The number of allylic oxidation sites excluding steroid dienone is 3. The van der Waals surface area contributed by atoms with E-state index in [-0.39, 0.29) is 61.9 Å². The highest BCUT2D eigenvalue weighted by molar-refractivity contribution is 5.70. The zero-order valence-electron chi connectivity index (χ0n) is 40.1. The van der Waals surface area contributed by atoms with Crippen LogP contribution in [0.1, 0.15) is 115 Å². The molecule has 0 spiro atoms. The highest BCUT2D eigenvalue weighted by Crippen LogP contribution is 2.38. The molecule has 2 aliphatic rings. The predicted octanol–water partition coefficient (Wildman–Crippen LogP) is 7.40. The molecular weight excluding hydrogens is 801 g/mol. The molecule has 0 bridgehead atoms. The second-order valence-corrected chi connectivity index (χ2v) is 16.5. The van der Waals surface area contributed by atoms with Crippen LogP contribution in [0.5, 0.6) is 0 Å². The lowest BCUT2D eigenvalue weighted by Gasteiger charge is -2.39. The molecule has 62 heavy (non-hydrogen) atoms. The molecule has 15 nitrogen and oxygen atoms in total. The van der Waals surface area contributed by atoms with Crippen LogP contribution in [0.4, 0.5) is 4.79 Å². The topological polar surface area (TPSA) is 177 Å². The van der Waals surface area contributed by atoms with Crippen molar-refractivity contribution in [2.45, 2.75) is 176 Å². The summed E-state index contributed by atoms with van der Waals surface area (Å²) >= 11 is 0. The number of alkyl carbamates (subject to hydrolysis) is 1. The minimum Gasteiger partial charge on any atom is -0.457 e. The van der Waals surface area contributed by atoms with E-state index >= 15 is 0 Å². The number of carbonyl (C=O) groups excluding carboxylic acids is 2. The Hall–Kier alpha value is -2.44. The molecule has 1 fully saturated rings. The molecule has 1 saturated heterocycles. The van der Waals surface area contributed by atoms with Crippen LogP contribution in [0, 0.1) is 17.8 Å². The first kappa shape index (κ1) is 55.7. The molecule has 13 unspecified atom stereocenters. The van der Waals surface area contributed by atoms with Crippen molar-refractivity contribution < 1.29 is 61.7 Å². The highest BCUT2D eigenvalue weighted by Gasteiger charge is 2.46. The third-order valence-electron chi connectivity index (χ3n) is 11.0. The summed E-state index contributed by atoms with van der Waals surface area (Å²) in [5.41, 5.74) is 5.22. The number of nitrogens with two attached hydrogens (primary N) is 1. The van der Waals surface area contributed by atoms with Crippen LogP contribution in [-0.4, -0.2) is 132 Å². The maximum atomic E-state index is 13.7. The number of carbonyl (C=O) groups is 2. The molecule has 0 aliphatic carbocycles. The van der Waals surface area contributed by atoms with Gasteiger partial charge >= 0.3 is 12.1 Å². The van der Waals surface area contributed by atoms with Gasteiger partial charge in [-0.2, -0.15) is 0 Å². The largest absolute Gasteiger partial charge is 0.457 e. The van der Waals surface area contributed by atoms with E-state index in [9.17, 15) is 9.59 Å². The first-order valence-electron chi connectivity index (χ1n) is 23.1. The molecule has 0 radical (unpaired) electrons. The molecule has 0 aromatic rings. The Morgan fingerprint density at radius 3 is 2.27 bits per heavy atom. The molecule has 360 valence electrons. The van der Waals surface area contributed by atoms with Crippen LogP contribution < -0.4 is 11.1 Å². The molecule has 0 aromatic heterocycles. The minimum absolute atomic E-state index is 0.0136. The molecule has 0 saturated carbocycles. The molecule has 3 N–H and O–H groups in total. The Bertz CT molecular complexity index is 1330. The average molecular weight is 885 g/mol. The number of cyclic esters (lactones) is 1. The minimum atomic E-state index is -1.09. The summed E-state index contributed by atoms with van der Waals surface area (Å²) in [4.78, 5) is 27.1. The summed E-state index contributed by atoms with van der Waals surface area (Å²) in [5.74, 6) is -0.218. The molecule has 2 aliphatic heterocycles. The standard InChI is InChI=1S/C47H84N2O13/c1-13-40(58-37(10)55-15-3)35(8)45-41(59-45)30-32(5)18-17-19-33(6)44-34(7)20-21-42(60-46(51)49-25-27-53-29-28-52-26-24-48)47(12,62-38(11)56-16-4)23-22-39(31-43(50)61-44)57-36(9)54-14-2/h17-21,32,34-42,44-45H,13-16,22-31,48H2,1-12H3,(H,49,51)/b18-17+,21-20-,33-19+. The van der Waals surface area contributed by atoms with Crippen molar-refractivity contribution in [2.75, 3.05) is 59.3 Å². The number of nitrogens with one attached hydrogen (secondary N) is 1. The molecule has 13 atom stereocenters. The quantitative estimate of drug-likeness (QED) is 0.0190. The van der Waals surface area contributed by atoms with Gasteiger partial charge in [-0.15, -0.1) is 0 Å². The summed E-state index contributed by atoms with van der Waals surface area (Å²) in [6.07, 6.45) is 8.59. The van der Waals surface area contributed by atoms with E-state index in [1.807, 2.05) is 79.7 Å². The van der Waals surface area contributed by atoms with E-state index in [2.05, 4.69) is 32.2 Å². The smallest absolute Gasteiger partial charge is 0.407 e. The van der Waals surface area contributed by atoms with Crippen LogP contribution in [0.15, 0.2) is 36.0 Å². The van der Waals surface area contributed by atoms with Gasteiger partial charge in [0.2, 0.25) is 0 Å². The Kier molecular flexibility index (Phi) is 27.5. The van der Waals surface area contributed by atoms with Gasteiger partial charge < -0.3 is 63.2 Å². The Labute approximate surface area is 373 Å². The van der Waals surface area contributed by atoms with E-state index < -0.39 is 48.6 Å². The number of hydrogen-bond acceptors (Lipinski definition) is 14. The van der Waals surface area contributed by atoms with Crippen LogP contribution in [0.2, 0.25) is 0 Å². The van der Waals surface area contributed by atoms with Crippen LogP contribution in [0.25, 0.3) is 0 Å². The van der Waals surface area contributed by atoms with Crippen LogP contribution in [0.3, 0.4) is 0 Å². The van der Waals surface area contributed by atoms with Gasteiger partial charge in [0.15, 0.2) is 25.0 Å². The van der Waals surface area contributed by atoms with Gasteiger partial charge in [-0.05, 0) is 98.6 Å². The van der Waals surface area contributed by atoms with Crippen molar-refractivity contribution in [1.29, 1.82) is 0 Å². The Morgan fingerprint density at radius 2 is 1.61 bits per heavy atom. The normalized spacial score (nSPS) is 28.5. The fourth-order valence-corrected chi connectivity index (χ4v) is 7.72. The maximum absolute atomic E-state index is 13.7. The third-order valence-corrected chi connectivity index (χ3v) is 11.0. The van der Waals surface area contributed by atoms with Gasteiger partial charge in [0.25, 0.3) is 0 Å². The Balaban J connectivity index is 2.33. The summed E-state index contributed by atoms with van der Waals surface area (Å²) in [6, 6.07) is 0. The monoisotopic (exact) mass is 885 g/mol. The molecule has 1 amide bonds. The van der Waals surface area contributed by atoms with Gasteiger partial charge in [-0.1, -0.05) is 52.0 Å². The molecule has 2 rings (SSSR count). The number of esters is 1. The van der Waals surface area contributed by atoms with Crippen molar-refractivity contribution >= 4 is 12.1 Å². The van der Waals surface area contributed by atoms with E-state index in [1.54, 1.807) is 6.92 Å². The van der Waals surface area contributed by atoms with Gasteiger partial charge in [0.05, 0.1) is 57.3 Å². The number of amides is 1. The van der Waals surface area contributed by atoms with Crippen LogP contribution in [-0.2, 0) is 56.9 Å². The van der Waals surface area contributed by atoms with E-state index in [4.69, 9.17) is 57.8 Å². The van der Waals surface area contributed by atoms with Crippen molar-refractivity contribution in [1.82, 2.24) is 5.32 Å². The van der Waals surface area contributed by atoms with E-state index in [0.717, 1.165) is 18.4 Å². The number of ether oxygens (including phenoxy) is 11. The summed E-state index contributed by atoms with van der Waals surface area (Å²) in [5, 5.41) is 2.79. The van der Waals surface area contributed by atoms with Gasteiger partial charge in [0, 0.05) is 44.7 Å². The lowest BCUT2D eigenvalue weighted by atomic mass is 9.88. The van der Waals surface area contributed by atoms with E-state index in [0.29, 0.717) is 59.0 Å².